The number of methoxy groups -OCH3 is 3. The van der Waals surface area contributed by atoms with Crippen molar-refractivity contribution in [1.29, 1.82) is 5.26 Å². The lowest BCUT2D eigenvalue weighted by atomic mass is 10.1. The third-order valence-corrected chi connectivity index (χ3v) is 4.30. The standard InChI is InChI=1S/C20H19N3O4/c1-23-15-8-6-5-7-14(15)22-20(23)13(11-21)18(24)12-9-16(25-2)19(27-4)17(10-12)26-3/h5-10,24H,1-4H3/b18-13-. The maximum atomic E-state index is 10.8. The zero-order valence-electron chi connectivity index (χ0n) is 15.5. The molecule has 3 rings (SSSR count). The third-order valence-electron chi connectivity index (χ3n) is 4.30. The molecule has 7 nitrogen and oxygen atoms in total. The molecule has 1 N–H and O–H groups in total. The summed E-state index contributed by atoms with van der Waals surface area (Å²) < 4.78 is 17.7. The summed E-state index contributed by atoms with van der Waals surface area (Å²) in [6, 6.07) is 12.7. The summed E-state index contributed by atoms with van der Waals surface area (Å²) in [5.74, 6) is 1.29. The molecule has 1 heterocycles. The molecule has 0 aliphatic heterocycles. The number of nitriles is 1. The van der Waals surface area contributed by atoms with Gasteiger partial charge in [-0.15, -0.1) is 0 Å². The molecule has 138 valence electrons. The third kappa shape index (κ3) is 3.02. The second-order valence-electron chi connectivity index (χ2n) is 5.73. The minimum Gasteiger partial charge on any atom is -0.506 e. The summed E-state index contributed by atoms with van der Waals surface area (Å²) in [5, 5.41) is 20.5. The number of aromatic nitrogens is 2. The average molecular weight is 365 g/mol. The van der Waals surface area contributed by atoms with Crippen LogP contribution in [0.3, 0.4) is 0 Å². The Kier molecular flexibility index (Phi) is 4.90. The normalized spacial score (nSPS) is 11.7. The molecule has 0 unspecified atom stereocenters. The van der Waals surface area contributed by atoms with Crippen molar-refractivity contribution in [3.63, 3.8) is 0 Å². The summed E-state index contributed by atoms with van der Waals surface area (Å²) in [4.78, 5) is 4.48. The molecule has 2 aromatic carbocycles. The van der Waals surface area contributed by atoms with E-state index in [1.807, 2.05) is 24.3 Å². The molecule has 0 saturated carbocycles. The lowest BCUT2D eigenvalue weighted by molar-refractivity contribution is 0.324. The molecule has 0 fully saturated rings. The second-order valence-corrected chi connectivity index (χ2v) is 5.73. The van der Waals surface area contributed by atoms with Crippen molar-refractivity contribution in [2.24, 2.45) is 7.05 Å². The van der Waals surface area contributed by atoms with Crippen LogP contribution in [0.4, 0.5) is 0 Å². The number of rotatable bonds is 5. The fourth-order valence-electron chi connectivity index (χ4n) is 2.94. The van der Waals surface area contributed by atoms with E-state index in [9.17, 15) is 10.4 Å². The van der Waals surface area contributed by atoms with Gasteiger partial charge in [0.25, 0.3) is 0 Å². The number of nitrogens with zero attached hydrogens (tertiary/aromatic N) is 3. The number of benzene rings is 2. The van der Waals surface area contributed by atoms with Crippen LogP contribution in [0.2, 0.25) is 0 Å². The van der Waals surface area contributed by atoms with Crippen LogP contribution in [-0.4, -0.2) is 36.0 Å². The lowest BCUT2D eigenvalue weighted by Crippen LogP contribution is -2.01. The number of ether oxygens (including phenoxy) is 3. The second kappa shape index (κ2) is 7.30. The molecular formula is C20H19N3O4. The molecule has 0 aliphatic rings. The van der Waals surface area contributed by atoms with Crippen molar-refractivity contribution < 1.29 is 19.3 Å². The minimum absolute atomic E-state index is 0.0444. The van der Waals surface area contributed by atoms with Crippen LogP contribution in [0, 0.1) is 11.3 Å². The van der Waals surface area contributed by atoms with E-state index in [2.05, 4.69) is 11.1 Å². The van der Waals surface area contributed by atoms with Crippen molar-refractivity contribution in [3.05, 3.63) is 47.8 Å². The average Bonchev–Trinajstić information content (AvgIpc) is 3.03. The van der Waals surface area contributed by atoms with Crippen molar-refractivity contribution in [1.82, 2.24) is 9.55 Å². The Balaban J connectivity index is 2.24. The fourth-order valence-corrected chi connectivity index (χ4v) is 2.94. The van der Waals surface area contributed by atoms with Crippen molar-refractivity contribution >= 4 is 22.4 Å². The van der Waals surface area contributed by atoms with E-state index >= 15 is 0 Å². The molecular weight excluding hydrogens is 346 g/mol. The maximum absolute atomic E-state index is 10.8. The monoisotopic (exact) mass is 365 g/mol. The Bertz CT molecular complexity index is 1050. The Morgan fingerprint density at radius 2 is 1.70 bits per heavy atom. The number of aryl methyl sites for hydroxylation is 1. The first-order chi connectivity index (χ1) is 13.0. The quantitative estimate of drug-likeness (QED) is 0.549. The molecule has 0 radical (unpaired) electrons. The van der Waals surface area contributed by atoms with Gasteiger partial charge in [-0.3, -0.25) is 0 Å². The highest BCUT2D eigenvalue weighted by molar-refractivity contribution is 5.95. The first kappa shape index (κ1) is 18.1. The van der Waals surface area contributed by atoms with Crippen LogP contribution in [0.1, 0.15) is 11.4 Å². The molecule has 27 heavy (non-hydrogen) atoms. The van der Waals surface area contributed by atoms with Crippen molar-refractivity contribution in [2.75, 3.05) is 21.3 Å². The summed E-state index contributed by atoms with van der Waals surface area (Å²) in [6.07, 6.45) is 0. The number of hydrogen-bond donors (Lipinski definition) is 1. The first-order valence-corrected chi connectivity index (χ1v) is 8.11. The van der Waals surface area contributed by atoms with E-state index in [0.29, 0.717) is 28.6 Å². The van der Waals surface area contributed by atoms with Crippen LogP contribution < -0.4 is 14.2 Å². The highest BCUT2D eigenvalue weighted by Crippen LogP contribution is 2.40. The molecule has 1 aromatic heterocycles. The van der Waals surface area contributed by atoms with Gasteiger partial charge in [0.05, 0.1) is 32.4 Å². The molecule has 0 amide bonds. The number of para-hydroxylation sites is 2. The Morgan fingerprint density at radius 3 is 2.22 bits per heavy atom. The number of allylic oxidation sites excluding steroid dienone is 1. The molecule has 0 aliphatic carbocycles. The molecule has 0 spiro atoms. The zero-order valence-corrected chi connectivity index (χ0v) is 15.5. The van der Waals surface area contributed by atoms with Gasteiger partial charge < -0.3 is 23.9 Å². The topological polar surface area (TPSA) is 89.5 Å². The number of aliphatic hydroxyl groups excluding tert-OH is 1. The largest absolute Gasteiger partial charge is 0.506 e. The Labute approximate surface area is 156 Å². The van der Waals surface area contributed by atoms with E-state index in [0.717, 1.165) is 11.0 Å². The SMILES string of the molecule is COc1cc(/C(O)=C(\C#N)c2nc3ccccc3n2C)cc(OC)c1OC. The maximum Gasteiger partial charge on any atom is 0.203 e. The molecule has 3 aromatic rings. The smallest absolute Gasteiger partial charge is 0.203 e. The molecule has 0 atom stereocenters. The number of hydrogen-bond acceptors (Lipinski definition) is 6. The van der Waals surface area contributed by atoms with Gasteiger partial charge in [-0.2, -0.15) is 5.26 Å². The fraction of sp³-hybridized carbons (Fsp3) is 0.200. The van der Waals surface area contributed by atoms with Gasteiger partial charge in [-0.25, -0.2) is 4.98 Å². The van der Waals surface area contributed by atoms with Crippen LogP contribution in [-0.2, 0) is 7.05 Å². The predicted molar refractivity (Wildman–Crippen MR) is 102 cm³/mol. The van der Waals surface area contributed by atoms with E-state index in [-0.39, 0.29) is 11.3 Å². The van der Waals surface area contributed by atoms with Crippen LogP contribution >= 0.6 is 0 Å². The van der Waals surface area contributed by atoms with Gasteiger partial charge >= 0.3 is 0 Å². The number of imidazole rings is 1. The van der Waals surface area contributed by atoms with Gasteiger partial charge in [-0.05, 0) is 24.3 Å². The van der Waals surface area contributed by atoms with Crippen LogP contribution in [0.5, 0.6) is 17.2 Å². The van der Waals surface area contributed by atoms with E-state index in [1.54, 1.807) is 23.7 Å². The first-order valence-electron chi connectivity index (χ1n) is 8.11. The minimum atomic E-state index is -0.227. The summed E-state index contributed by atoms with van der Waals surface area (Å²) >= 11 is 0. The lowest BCUT2D eigenvalue weighted by Gasteiger charge is -2.14. The van der Waals surface area contributed by atoms with Gasteiger partial charge in [0, 0.05) is 12.6 Å². The molecule has 7 heteroatoms. The van der Waals surface area contributed by atoms with Crippen molar-refractivity contribution in [2.45, 2.75) is 0 Å². The predicted octanol–water partition coefficient (Wildman–Crippen LogP) is 3.55. The van der Waals surface area contributed by atoms with E-state index < -0.39 is 0 Å². The number of aliphatic hydroxyl groups is 1. The van der Waals surface area contributed by atoms with Gasteiger partial charge in [0.2, 0.25) is 5.75 Å². The highest BCUT2D eigenvalue weighted by Gasteiger charge is 2.21. The summed E-state index contributed by atoms with van der Waals surface area (Å²) in [5.41, 5.74) is 1.99. The summed E-state index contributed by atoms with van der Waals surface area (Å²) in [6.45, 7) is 0. The Hall–Kier alpha value is -3.66. The summed E-state index contributed by atoms with van der Waals surface area (Å²) in [7, 11) is 6.26. The molecule has 0 saturated heterocycles. The van der Waals surface area contributed by atoms with Gasteiger partial charge in [0.15, 0.2) is 17.3 Å². The molecule has 0 bridgehead atoms. The zero-order chi connectivity index (χ0) is 19.6. The Morgan fingerprint density at radius 1 is 1.07 bits per heavy atom. The van der Waals surface area contributed by atoms with Gasteiger partial charge in [0.1, 0.15) is 17.4 Å². The van der Waals surface area contributed by atoms with Crippen molar-refractivity contribution in [3.8, 4) is 23.3 Å². The van der Waals surface area contributed by atoms with Crippen LogP contribution in [0.15, 0.2) is 36.4 Å². The van der Waals surface area contributed by atoms with Gasteiger partial charge in [-0.1, -0.05) is 12.1 Å². The number of fused-ring (bicyclic) bond motifs is 1. The van der Waals surface area contributed by atoms with E-state index in [1.165, 1.54) is 21.3 Å². The highest BCUT2D eigenvalue weighted by atomic mass is 16.5. The van der Waals surface area contributed by atoms with Crippen LogP contribution in [0.25, 0.3) is 22.4 Å². The van der Waals surface area contributed by atoms with E-state index in [4.69, 9.17) is 14.2 Å².